The fourth-order valence-electron chi connectivity index (χ4n) is 1.04. The molecule has 0 aromatic carbocycles. The molecule has 0 aliphatic carbocycles. The fourth-order valence-corrected chi connectivity index (χ4v) is 1.04. The van der Waals surface area contributed by atoms with Crippen LogP contribution in [0.5, 0.6) is 0 Å². The largest absolute Gasteiger partial charge is 0.381 e. The minimum absolute atomic E-state index is 0.749. The van der Waals surface area contributed by atoms with Gasteiger partial charge in [0.1, 0.15) is 0 Å². The SMILES string of the molecule is [CH2]CCOCCCOCCCOCC[CH2]. The van der Waals surface area contributed by atoms with Gasteiger partial charge in [0.2, 0.25) is 0 Å². The van der Waals surface area contributed by atoms with Gasteiger partial charge < -0.3 is 14.2 Å². The smallest absolute Gasteiger partial charge is 0.0488 e. The zero-order valence-corrected chi connectivity index (χ0v) is 9.71. The molecule has 0 N–H and O–H groups in total. The van der Waals surface area contributed by atoms with Crippen LogP contribution in [-0.2, 0) is 14.2 Å². The summed E-state index contributed by atoms with van der Waals surface area (Å²) >= 11 is 0. The van der Waals surface area contributed by atoms with Crippen LogP contribution in [0.1, 0.15) is 25.7 Å². The number of hydrogen-bond acceptors (Lipinski definition) is 3. The van der Waals surface area contributed by atoms with Crippen molar-refractivity contribution in [3.8, 4) is 0 Å². The van der Waals surface area contributed by atoms with Crippen molar-refractivity contribution in [2.45, 2.75) is 25.7 Å². The lowest BCUT2D eigenvalue weighted by Gasteiger charge is -2.05. The average molecular weight is 216 g/mol. The number of rotatable bonds is 12. The normalized spacial score (nSPS) is 10.8. The summed E-state index contributed by atoms with van der Waals surface area (Å²) in [6.45, 7) is 12.0. The maximum Gasteiger partial charge on any atom is 0.0488 e. The molecular formula is C12H24O3. The van der Waals surface area contributed by atoms with Crippen LogP contribution in [-0.4, -0.2) is 39.6 Å². The van der Waals surface area contributed by atoms with Crippen LogP contribution in [0.25, 0.3) is 0 Å². The van der Waals surface area contributed by atoms with E-state index in [1.54, 1.807) is 0 Å². The van der Waals surface area contributed by atoms with Crippen molar-refractivity contribution < 1.29 is 14.2 Å². The molecule has 0 atom stereocenters. The van der Waals surface area contributed by atoms with E-state index in [4.69, 9.17) is 14.2 Å². The van der Waals surface area contributed by atoms with E-state index in [0.29, 0.717) is 0 Å². The van der Waals surface area contributed by atoms with Crippen LogP contribution in [0.2, 0.25) is 0 Å². The van der Waals surface area contributed by atoms with Crippen LogP contribution < -0.4 is 0 Å². The van der Waals surface area contributed by atoms with E-state index >= 15 is 0 Å². The third-order valence-electron chi connectivity index (χ3n) is 1.73. The van der Waals surface area contributed by atoms with Gasteiger partial charge in [-0.3, -0.25) is 0 Å². The molecule has 15 heavy (non-hydrogen) atoms. The molecule has 0 amide bonds. The van der Waals surface area contributed by atoms with E-state index in [1.165, 1.54) is 0 Å². The molecule has 3 heteroatoms. The molecule has 0 heterocycles. The molecule has 3 nitrogen and oxygen atoms in total. The van der Waals surface area contributed by atoms with Gasteiger partial charge in [0.05, 0.1) is 0 Å². The fraction of sp³-hybridized carbons (Fsp3) is 0.833. The molecule has 0 aromatic heterocycles. The summed E-state index contributed by atoms with van der Waals surface area (Å²) in [6, 6.07) is 0. The van der Waals surface area contributed by atoms with Gasteiger partial charge in [0.15, 0.2) is 0 Å². The van der Waals surface area contributed by atoms with Gasteiger partial charge in [-0.15, -0.1) is 0 Å². The van der Waals surface area contributed by atoms with Crippen LogP contribution >= 0.6 is 0 Å². The van der Waals surface area contributed by atoms with Crippen LogP contribution in [0.15, 0.2) is 0 Å². The zero-order chi connectivity index (χ0) is 11.2. The van der Waals surface area contributed by atoms with E-state index in [9.17, 15) is 0 Å². The van der Waals surface area contributed by atoms with E-state index in [-0.39, 0.29) is 0 Å². The summed E-state index contributed by atoms with van der Waals surface area (Å²) in [6.07, 6.45) is 3.59. The van der Waals surface area contributed by atoms with Crippen LogP contribution in [0.3, 0.4) is 0 Å². The second-order valence-electron chi connectivity index (χ2n) is 3.25. The first-order valence-corrected chi connectivity index (χ1v) is 5.73. The Morgan fingerprint density at radius 2 is 0.867 bits per heavy atom. The summed E-state index contributed by atoms with van der Waals surface area (Å²) in [4.78, 5) is 0. The van der Waals surface area contributed by atoms with Crippen molar-refractivity contribution in [3.63, 3.8) is 0 Å². The van der Waals surface area contributed by atoms with Crippen molar-refractivity contribution in [2.75, 3.05) is 39.6 Å². The van der Waals surface area contributed by atoms with Crippen molar-refractivity contribution in [1.29, 1.82) is 0 Å². The highest BCUT2D eigenvalue weighted by Crippen LogP contribution is 1.90. The summed E-state index contributed by atoms with van der Waals surface area (Å²) in [5.41, 5.74) is 0. The second kappa shape index (κ2) is 13.9. The zero-order valence-electron chi connectivity index (χ0n) is 9.71. The summed E-state index contributed by atoms with van der Waals surface area (Å²) in [7, 11) is 0. The van der Waals surface area contributed by atoms with E-state index in [1.807, 2.05) is 0 Å². The highest BCUT2D eigenvalue weighted by Gasteiger charge is 1.91. The monoisotopic (exact) mass is 216 g/mol. The summed E-state index contributed by atoms with van der Waals surface area (Å²) < 4.78 is 15.9. The molecule has 0 aromatic rings. The lowest BCUT2D eigenvalue weighted by molar-refractivity contribution is 0.0649. The topological polar surface area (TPSA) is 27.7 Å². The predicted octanol–water partition coefficient (Wildman–Crippen LogP) is 2.26. The highest BCUT2D eigenvalue weighted by atomic mass is 16.5. The first kappa shape index (κ1) is 14.9. The van der Waals surface area contributed by atoms with Crippen molar-refractivity contribution in [1.82, 2.24) is 0 Å². The van der Waals surface area contributed by atoms with Crippen molar-refractivity contribution in [2.24, 2.45) is 0 Å². The lowest BCUT2D eigenvalue weighted by atomic mass is 10.4. The van der Waals surface area contributed by atoms with Crippen LogP contribution in [0.4, 0.5) is 0 Å². The maximum absolute atomic E-state index is 5.40. The Bertz CT molecular complexity index is 95.0. The third kappa shape index (κ3) is 13.9. The van der Waals surface area contributed by atoms with E-state index < -0.39 is 0 Å². The first-order chi connectivity index (χ1) is 7.41. The molecule has 0 aliphatic heterocycles. The highest BCUT2D eigenvalue weighted by molar-refractivity contribution is 4.40. The van der Waals surface area contributed by atoms with Gasteiger partial charge >= 0.3 is 0 Å². The molecule has 0 spiro atoms. The molecule has 90 valence electrons. The summed E-state index contributed by atoms with van der Waals surface area (Å²) in [5.74, 6) is 0. The standard InChI is InChI=1S/C12H24O3/c1-3-7-13-9-5-11-15-12-6-10-14-8-4-2/h1-12H2. The molecular weight excluding hydrogens is 192 g/mol. The summed E-state index contributed by atoms with van der Waals surface area (Å²) in [5, 5.41) is 0. The van der Waals surface area contributed by atoms with Gasteiger partial charge in [-0.1, -0.05) is 13.8 Å². The molecule has 0 fully saturated rings. The third-order valence-corrected chi connectivity index (χ3v) is 1.73. The van der Waals surface area contributed by atoms with E-state index in [0.717, 1.165) is 65.3 Å². The van der Waals surface area contributed by atoms with Gasteiger partial charge in [-0.25, -0.2) is 0 Å². The molecule has 0 unspecified atom stereocenters. The molecule has 0 saturated heterocycles. The minimum atomic E-state index is 0.749. The van der Waals surface area contributed by atoms with Crippen molar-refractivity contribution in [3.05, 3.63) is 13.8 Å². The Labute approximate surface area is 94.1 Å². The minimum Gasteiger partial charge on any atom is -0.381 e. The Morgan fingerprint density at radius 1 is 0.533 bits per heavy atom. The molecule has 0 rings (SSSR count). The van der Waals surface area contributed by atoms with Gasteiger partial charge in [-0.2, -0.15) is 0 Å². The number of hydrogen-bond donors (Lipinski definition) is 0. The van der Waals surface area contributed by atoms with Gasteiger partial charge in [0.25, 0.3) is 0 Å². The Balaban J connectivity index is 2.81. The van der Waals surface area contributed by atoms with Gasteiger partial charge in [-0.05, 0) is 25.7 Å². The molecule has 0 aliphatic rings. The van der Waals surface area contributed by atoms with Crippen LogP contribution in [0, 0.1) is 13.8 Å². The van der Waals surface area contributed by atoms with E-state index in [2.05, 4.69) is 13.8 Å². The average Bonchev–Trinajstić information content (AvgIpc) is 2.26. The first-order valence-electron chi connectivity index (χ1n) is 5.73. The molecule has 0 bridgehead atoms. The second-order valence-corrected chi connectivity index (χ2v) is 3.25. The predicted molar refractivity (Wildman–Crippen MR) is 61.6 cm³/mol. The quantitative estimate of drug-likeness (QED) is 0.468. The van der Waals surface area contributed by atoms with Crippen molar-refractivity contribution >= 4 is 0 Å². The Hall–Kier alpha value is -0.120. The number of ether oxygens (including phenoxy) is 3. The Kier molecular flexibility index (Phi) is 13.8. The molecule has 2 radical (unpaired) electrons. The lowest BCUT2D eigenvalue weighted by Crippen LogP contribution is -2.05. The van der Waals surface area contributed by atoms with Gasteiger partial charge in [0, 0.05) is 39.6 Å². The Morgan fingerprint density at radius 3 is 1.20 bits per heavy atom. The maximum atomic E-state index is 5.40. The molecule has 0 saturated carbocycles.